The molecule has 0 spiro atoms. The molecule has 1 aromatic carbocycles. The summed E-state index contributed by atoms with van der Waals surface area (Å²) in [6.45, 7) is 1.58. The van der Waals surface area contributed by atoms with Crippen molar-refractivity contribution >= 4 is 38.1 Å². The van der Waals surface area contributed by atoms with Crippen LogP contribution >= 0.6 is 27.3 Å². The number of aryl methyl sites for hydroxylation is 1. The van der Waals surface area contributed by atoms with Crippen LogP contribution in [0, 0.1) is 18.6 Å². The first-order chi connectivity index (χ1) is 7.58. The Balaban J connectivity index is 2.37. The molecule has 1 heterocycles. The van der Waals surface area contributed by atoms with Crippen molar-refractivity contribution < 1.29 is 8.78 Å². The van der Waals surface area contributed by atoms with Gasteiger partial charge in [-0.25, -0.2) is 13.8 Å². The van der Waals surface area contributed by atoms with E-state index in [0.717, 1.165) is 0 Å². The van der Waals surface area contributed by atoms with Crippen molar-refractivity contribution in [2.24, 2.45) is 0 Å². The number of aromatic nitrogens is 1. The van der Waals surface area contributed by atoms with Crippen LogP contribution in [0.25, 0.3) is 0 Å². The monoisotopic (exact) mass is 304 g/mol. The van der Waals surface area contributed by atoms with Gasteiger partial charge in [-0.15, -0.1) is 11.3 Å². The fraction of sp³-hybridized carbons (Fsp3) is 0.100. The van der Waals surface area contributed by atoms with E-state index in [-0.39, 0.29) is 5.69 Å². The quantitative estimate of drug-likeness (QED) is 0.898. The molecule has 2 nitrogen and oxygen atoms in total. The van der Waals surface area contributed by atoms with Crippen molar-refractivity contribution in [2.75, 3.05) is 5.32 Å². The Kier molecular flexibility index (Phi) is 3.20. The molecular formula is C10H7BrF2N2S. The molecule has 0 saturated heterocycles. The molecule has 0 aliphatic rings. The average Bonchev–Trinajstić information content (AvgIpc) is 2.65. The van der Waals surface area contributed by atoms with Gasteiger partial charge in [-0.2, -0.15) is 0 Å². The van der Waals surface area contributed by atoms with E-state index in [9.17, 15) is 8.78 Å². The van der Waals surface area contributed by atoms with Gasteiger partial charge in [0.25, 0.3) is 0 Å². The van der Waals surface area contributed by atoms with E-state index < -0.39 is 11.6 Å². The van der Waals surface area contributed by atoms with E-state index in [0.29, 0.717) is 15.3 Å². The molecule has 0 bridgehead atoms. The molecule has 0 unspecified atom stereocenters. The lowest BCUT2D eigenvalue weighted by Crippen LogP contribution is -1.98. The van der Waals surface area contributed by atoms with E-state index >= 15 is 0 Å². The minimum absolute atomic E-state index is 0.165. The van der Waals surface area contributed by atoms with E-state index in [2.05, 4.69) is 26.2 Å². The molecule has 2 rings (SSSR count). The molecule has 0 saturated carbocycles. The summed E-state index contributed by atoms with van der Waals surface area (Å²) in [6.07, 6.45) is 0. The van der Waals surface area contributed by atoms with E-state index in [4.69, 9.17) is 0 Å². The van der Waals surface area contributed by atoms with Crippen molar-refractivity contribution in [1.82, 2.24) is 4.98 Å². The SMILES string of the molecule is Cc1ccc(F)c(Nc2nc(Br)cs2)c1F. The third-order valence-electron chi connectivity index (χ3n) is 1.99. The Labute approximate surface area is 103 Å². The highest BCUT2D eigenvalue weighted by Gasteiger charge is 2.12. The summed E-state index contributed by atoms with van der Waals surface area (Å²) in [7, 11) is 0. The number of hydrogen-bond acceptors (Lipinski definition) is 3. The number of thiazole rings is 1. The van der Waals surface area contributed by atoms with Gasteiger partial charge in [0.2, 0.25) is 0 Å². The summed E-state index contributed by atoms with van der Waals surface area (Å²) in [4.78, 5) is 4.01. The molecular weight excluding hydrogens is 298 g/mol. The maximum absolute atomic E-state index is 13.6. The van der Waals surface area contributed by atoms with Crippen molar-refractivity contribution in [1.29, 1.82) is 0 Å². The standard InChI is InChI=1S/C10H7BrF2N2S/c1-5-2-3-6(12)9(8(5)13)15-10-14-7(11)4-16-10/h2-4H,1H3,(H,14,15). The molecule has 0 aliphatic heterocycles. The van der Waals surface area contributed by atoms with Crippen LogP contribution < -0.4 is 5.32 Å². The second kappa shape index (κ2) is 4.47. The topological polar surface area (TPSA) is 24.9 Å². The molecule has 0 fully saturated rings. The molecule has 16 heavy (non-hydrogen) atoms. The molecule has 0 amide bonds. The van der Waals surface area contributed by atoms with E-state index in [1.165, 1.54) is 23.5 Å². The van der Waals surface area contributed by atoms with Crippen LogP contribution in [0.4, 0.5) is 19.6 Å². The summed E-state index contributed by atoms with van der Waals surface area (Å²) < 4.78 is 27.6. The summed E-state index contributed by atoms with van der Waals surface area (Å²) >= 11 is 4.43. The first-order valence-corrected chi connectivity index (χ1v) is 6.08. The van der Waals surface area contributed by atoms with Gasteiger partial charge in [0.05, 0.1) is 0 Å². The number of hydrogen-bond donors (Lipinski definition) is 1. The van der Waals surface area contributed by atoms with Crippen molar-refractivity contribution in [3.8, 4) is 0 Å². The molecule has 1 aromatic heterocycles. The Hall–Kier alpha value is -1.01. The minimum Gasteiger partial charge on any atom is -0.327 e. The zero-order chi connectivity index (χ0) is 11.7. The van der Waals surface area contributed by atoms with Crippen molar-refractivity contribution in [3.63, 3.8) is 0 Å². The van der Waals surface area contributed by atoms with Gasteiger partial charge in [-0.05, 0) is 34.5 Å². The fourth-order valence-corrected chi connectivity index (χ4v) is 2.34. The molecule has 2 aromatic rings. The maximum Gasteiger partial charge on any atom is 0.188 e. The molecule has 0 atom stereocenters. The van der Waals surface area contributed by atoms with Gasteiger partial charge in [0, 0.05) is 5.38 Å². The largest absolute Gasteiger partial charge is 0.327 e. The lowest BCUT2D eigenvalue weighted by atomic mass is 10.2. The zero-order valence-electron chi connectivity index (χ0n) is 8.22. The van der Waals surface area contributed by atoms with Gasteiger partial charge >= 0.3 is 0 Å². The van der Waals surface area contributed by atoms with Gasteiger partial charge in [0.1, 0.15) is 16.1 Å². The molecule has 6 heteroatoms. The van der Waals surface area contributed by atoms with Crippen LogP contribution in [0.2, 0.25) is 0 Å². The highest BCUT2D eigenvalue weighted by Crippen LogP contribution is 2.28. The number of benzene rings is 1. The number of rotatable bonds is 2. The second-order valence-electron chi connectivity index (χ2n) is 3.15. The Morgan fingerprint density at radius 2 is 2.12 bits per heavy atom. The van der Waals surface area contributed by atoms with Crippen LogP contribution in [-0.4, -0.2) is 4.98 Å². The summed E-state index contributed by atoms with van der Waals surface area (Å²) in [5.41, 5.74) is 0.223. The minimum atomic E-state index is -0.630. The highest BCUT2D eigenvalue weighted by molar-refractivity contribution is 9.10. The third kappa shape index (κ3) is 2.22. The van der Waals surface area contributed by atoms with Crippen LogP contribution in [0.15, 0.2) is 22.1 Å². The predicted molar refractivity (Wildman–Crippen MR) is 64.2 cm³/mol. The van der Waals surface area contributed by atoms with E-state index in [1.807, 2.05) is 0 Å². The smallest absolute Gasteiger partial charge is 0.188 e. The first-order valence-electron chi connectivity index (χ1n) is 4.40. The normalized spacial score (nSPS) is 10.5. The first kappa shape index (κ1) is 11.5. The Bertz CT molecular complexity index is 528. The van der Waals surface area contributed by atoms with Crippen LogP contribution in [0.5, 0.6) is 0 Å². The van der Waals surface area contributed by atoms with Crippen LogP contribution in [0.1, 0.15) is 5.56 Å². The van der Waals surface area contributed by atoms with Gasteiger partial charge in [-0.1, -0.05) is 6.07 Å². The average molecular weight is 305 g/mol. The van der Waals surface area contributed by atoms with Crippen LogP contribution in [-0.2, 0) is 0 Å². The van der Waals surface area contributed by atoms with Crippen LogP contribution in [0.3, 0.4) is 0 Å². The molecule has 84 valence electrons. The summed E-state index contributed by atoms with van der Waals surface area (Å²) in [5, 5.41) is 4.80. The van der Waals surface area contributed by atoms with Gasteiger partial charge in [0.15, 0.2) is 10.9 Å². The van der Waals surface area contributed by atoms with E-state index in [1.54, 1.807) is 12.3 Å². The Morgan fingerprint density at radius 1 is 1.38 bits per heavy atom. The predicted octanol–water partition coefficient (Wildman–Crippen LogP) is 4.24. The van der Waals surface area contributed by atoms with Crippen molar-refractivity contribution in [3.05, 3.63) is 39.3 Å². The summed E-state index contributed by atoms with van der Waals surface area (Å²) in [5.74, 6) is -1.22. The third-order valence-corrected chi connectivity index (χ3v) is 3.46. The molecule has 0 radical (unpaired) electrons. The highest BCUT2D eigenvalue weighted by atomic mass is 79.9. The zero-order valence-corrected chi connectivity index (χ0v) is 10.6. The van der Waals surface area contributed by atoms with Crippen molar-refractivity contribution in [2.45, 2.75) is 6.92 Å². The Morgan fingerprint density at radius 3 is 2.75 bits per heavy atom. The van der Waals surface area contributed by atoms with Gasteiger partial charge in [-0.3, -0.25) is 0 Å². The fourth-order valence-electron chi connectivity index (χ4n) is 1.19. The molecule has 1 N–H and O–H groups in total. The number of halogens is 3. The second-order valence-corrected chi connectivity index (χ2v) is 4.82. The lowest BCUT2D eigenvalue weighted by molar-refractivity contribution is 0.585. The molecule has 0 aliphatic carbocycles. The van der Waals surface area contributed by atoms with Gasteiger partial charge < -0.3 is 5.32 Å². The lowest BCUT2D eigenvalue weighted by Gasteiger charge is -2.07. The summed E-state index contributed by atoms with van der Waals surface area (Å²) in [6, 6.07) is 2.62. The number of anilines is 2. The number of nitrogens with zero attached hydrogens (tertiary/aromatic N) is 1. The number of nitrogens with one attached hydrogen (secondary N) is 1. The maximum atomic E-state index is 13.6.